The van der Waals surface area contributed by atoms with Crippen molar-refractivity contribution in [2.75, 3.05) is 0 Å². The second-order valence-electron chi connectivity index (χ2n) is 12.7. The molecule has 0 amide bonds. The molecule has 5 nitrogen and oxygen atoms in total. The van der Waals surface area contributed by atoms with Gasteiger partial charge in [-0.15, -0.1) is 0 Å². The van der Waals surface area contributed by atoms with Gasteiger partial charge < -0.3 is 4.57 Å². The smallest absolute Gasteiger partial charge is 0.166 e. The van der Waals surface area contributed by atoms with Crippen LogP contribution in [0, 0.1) is 23.0 Å². The number of hydrogen-bond acceptors (Lipinski definition) is 4. The quantitative estimate of drug-likeness (QED) is 0.174. The highest BCUT2D eigenvalue weighted by Crippen LogP contribution is 2.39. The highest BCUT2D eigenvalue weighted by molar-refractivity contribution is 6.11. The highest BCUT2D eigenvalue weighted by atomic mass is 19.1. The van der Waals surface area contributed by atoms with E-state index in [0.29, 0.717) is 39.7 Å². The lowest BCUT2D eigenvalue weighted by Crippen LogP contribution is -2.04. The van der Waals surface area contributed by atoms with Gasteiger partial charge in [-0.2, -0.15) is 5.26 Å². The Kier molecular flexibility index (Phi) is 7.83. The largest absolute Gasteiger partial charge is 0.309 e. The Labute approximate surface area is 303 Å². The molecule has 0 atom stereocenters. The number of halogens is 2. The van der Waals surface area contributed by atoms with Gasteiger partial charge in [0.1, 0.15) is 11.6 Å². The first-order valence-electron chi connectivity index (χ1n) is 17.0. The van der Waals surface area contributed by atoms with Gasteiger partial charge in [0.25, 0.3) is 0 Å². The van der Waals surface area contributed by atoms with Crippen LogP contribution in [0.25, 0.3) is 83.9 Å². The molecule has 0 unspecified atom stereocenters. The van der Waals surface area contributed by atoms with Gasteiger partial charge in [-0.25, -0.2) is 23.7 Å². The third-order valence-corrected chi connectivity index (χ3v) is 9.37. The normalized spacial score (nSPS) is 11.2. The average Bonchev–Trinajstić information content (AvgIpc) is 3.54. The molecular formula is C46H27F2N5. The van der Waals surface area contributed by atoms with E-state index in [9.17, 15) is 14.0 Å². The summed E-state index contributed by atoms with van der Waals surface area (Å²) >= 11 is 0. The standard InChI is InChI=1S/C46H27F2N5/c47-36-23-35(24-37(48)27-36)34-19-21-43(40(26-34)46-51-44(30-11-3-1-4-12-30)50-45(52-46)31-13-5-2-6-14-31)53-41-17-8-7-16-38(41)39-25-33(18-20-42(39)53)32-15-9-10-29(22-32)28-49/h1-27H. The molecule has 0 aliphatic carbocycles. The summed E-state index contributed by atoms with van der Waals surface area (Å²) in [4.78, 5) is 15.0. The number of para-hydroxylation sites is 1. The van der Waals surface area contributed by atoms with E-state index in [0.717, 1.165) is 55.8 Å². The molecule has 9 rings (SSSR count). The maximum Gasteiger partial charge on any atom is 0.166 e. The number of hydrogen-bond donors (Lipinski definition) is 0. The zero-order valence-corrected chi connectivity index (χ0v) is 28.1. The summed E-state index contributed by atoms with van der Waals surface area (Å²) in [6.07, 6.45) is 0. The van der Waals surface area contributed by atoms with Crippen molar-refractivity contribution in [2.45, 2.75) is 0 Å². The molecule has 0 radical (unpaired) electrons. The molecule has 2 aromatic heterocycles. The SMILES string of the molecule is N#Cc1cccc(-c2ccc3c(c2)c2ccccc2n3-c2ccc(-c3cc(F)cc(F)c3)cc2-c2nc(-c3ccccc3)nc(-c3ccccc3)n2)c1. The van der Waals surface area contributed by atoms with Crippen LogP contribution >= 0.6 is 0 Å². The predicted molar refractivity (Wildman–Crippen MR) is 206 cm³/mol. The molecule has 0 N–H and O–H groups in total. The number of nitriles is 1. The summed E-state index contributed by atoms with van der Waals surface area (Å²) in [5, 5.41) is 11.6. The van der Waals surface area contributed by atoms with Gasteiger partial charge in [-0.05, 0) is 76.9 Å². The first-order valence-corrected chi connectivity index (χ1v) is 17.0. The minimum absolute atomic E-state index is 0.391. The molecule has 250 valence electrons. The Morgan fingerprint density at radius 3 is 1.70 bits per heavy atom. The zero-order valence-electron chi connectivity index (χ0n) is 28.1. The molecule has 0 aliphatic rings. The lowest BCUT2D eigenvalue weighted by Gasteiger charge is -2.16. The number of fused-ring (bicyclic) bond motifs is 3. The fraction of sp³-hybridized carbons (Fsp3) is 0. The zero-order chi connectivity index (χ0) is 35.9. The van der Waals surface area contributed by atoms with Crippen LogP contribution in [0.5, 0.6) is 0 Å². The van der Waals surface area contributed by atoms with Gasteiger partial charge in [0, 0.05) is 33.5 Å². The van der Waals surface area contributed by atoms with E-state index >= 15 is 0 Å². The maximum atomic E-state index is 14.6. The molecule has 9 aromatic rings. The van der Waals surface area contributed by atoms with Crippen LogP contribution in [0.3, 0.4) is 0 Å². The van der Waals surface area contributed by atoms with Gasteiger partial charge in [0.15, 0.2) is 17.5 Å². The first-order chi connectivity index (χ1) is 26.0. The average molecular weight is 688 g/mol. The summed E-state index contributed by atoms with van der Waals surface area (Å²) in [5.74, 6) is 0.0643. The lowest BCUT2D eigenvalue weighted by molar-refractivity contribution is 0.584. The van der Waals surface area contributed by atoms with Crippen molar-refractivity contribution in [3.8, 4) is 68.2 Å². The fourth-order valence-corrected chi connectivity index (χ4v) is 6.92. The van der Waals surface area contributed by atoms with Crippen LogP contribution in [-0.2, 0) is 0 Å². The van der Waals surface area contributed by atoms with Crippen molar-refractivity contribution in [2.24, 2.45) is 0 Å². The van der Waals surface area contributed by atoms with Crippen molar-refractivity contribution >= 4 is 21.8 Å². The van der Waals surface area contributed by atoms with Crippen LogP contribution in [-0.4, -0.2) is 19.5 Å². The van der Waals surface area contributed by atoms with E-state index in [2.05, 4.69) is 41.0 Å². The first kappa shape index (κ1) is 31.7. The molecule has 0 saturated heterocycles. The predicted octanol–water partition coefficient (Wildman–Crippen LogP) is 11.5. The van der Waals surface area contributed by atoms with Crippen LogP contribution in [0.2, 0.25) is 0 Å². The second kappa shape index (κ2) is 13.1. The highest BCUT2D eigenvalue weighted by Gasteiger charge is 2.21. The number of aromatic nitrogens is 4. The van der Waals surface area contributed by atoms with E-state index in [1.165, 1.54) is 12.1 Å². The number of rotatable bonds is 6. The maximum absolute atomic E-state index is 14.6. The Hall–Kier alpha value is -7.30. The second-order valence-corrected chi connectivity index (χ2v) is 12.7. The fourth-order valence-electron chi connectivity index (χ4n) is 6.92. The molecule has 7 heteroatoms. The number of benzene rings is 7. The number of nitrogens with zero attached hydrogens (tertiary/aromatic N) is 5. The van der Waals surface area contributed by atoms with E-state index in [1.54, 1.807) is 6.07 Å². The van der Waals surface area contributed by atoms with Crippen molar-refractivity contribution in [3.05, 3.63) is 181 Å². The van der Waals surface area contributed by atoms with Gasteiger partial charge in [0.05, 0.1) is 28.4 Å². The molecule has 7 aromatic carbocycles. The summed E-state index contributed by atoms with van der Waals surface area (Å²) in [7, 11) is 0. The Bertz CT molecular complexity index is 2800. The third-order valence-electron chi connectivity index (χ3n) is 9.37. The summed E-state index contributed by atoms with van der Waals surface area (Å²) in [6.45, 7) is 0. The van der Waals surface area contributed by atoms with Crippen molar-refractivity contribution in [3.63, 3.8) is 0 Å². The van der Waals surface area contributed by atoms with Crippen molar-refractivity contribution < 1.29 is 8.78 Å². The van der Waals surface area contributed by atoms with Crippen LogP contribution < -0.4 is 0 Å². The molecule has 0 bridgehead atoms. The molecule has 0 fully saturated rings. The van der Waals surface area contributed by atoms with E-state index in [4.69, 9.17) is 15.0 Å². The summed E-state index contributed by atoms with van der Waals surface area (Å²) in [5.41, 5.74) is 8.49. The molecular weight excluding hydrogens is 661 g/mol. The van der Waals surface area contributed by atoms with E-state index < -0.39 is 11.6 Å². The van der Waals surface area contributed by atoms with E-state index in [-0.39, 0.29) is 0 Å². The van der Waals surface area contributed by atoms with Crippen LogP contribution in [0.4, 0.5) is 8.78 Å². The molecule has 53 heavy (non-hydrogen) atoms. The lowest BCUT2D eigenvalue weighted by atomic mass is 10.00. The third kappa shape index (κ3) is 5.88. The van der Waals surface area contributed by atoms with Crippen molar-refractivity contribution in [1.82, 2.24) is 19.5 Å². The molecule has 0 saturated carbocycles. The van der Waals surface area contributed by atoms with Gasteiger partial charge in [-0.1, -0.05) is 103 Å². The van der Waals surface area contributed by atoms with Gasteiger partial charge in [0.2, 0.25) is 0 Å². The Balaban J connectivity index is 1.34. The molecule has 0 spiro atoms. The van der Waals surface area contributed by atoms with Gasteiger partial charge in [-0.3, -0.25) is 0 Å². The van der Waals surface area contributed by atoms with Crippen LogP contribution in [0.1, 0.15) is 5.56 Å². The van der Waals surface area contributed by atoms with Crippen molar-refractivity contribution in [1.29, 1.82) is 5.26 Å². The molecule has 0 aliphatic heterocycles. The monoisotopic (exact) mass is 687 g/mol. The minimum atomic E-state index is -0.665. The summed E-state index contributed by atoms with van der Waals surface area (Å²) < 4.78 is 31.3. The van der Waals surface area contributed by atoms with Crippen LogP contribution in [0.15, 0.2) is 164 Å². The Morgan fingerprint density at radius 2 is 1.00 bits per heavy atom. The topological polar surface area (TPSA) is 67.4 Å². The van der Waals surface area contributed by atoms with E-state index in [1.807, 2.05) is 109 Å². The Morgan fingerprint density at radius 1 is 0.434 bits per heavy atom. The molecule has 2 heterocycles. The van der Waals surface area contributed by atoms with Gasteiger partial charge >= 0.3 is 0 Å². The minimum Gasteiger partial charge on any atom is -0.309 e. The summed E-state index contributed by atoms with van der Waals surface area (Å²) in [6, 6.07) is 53.0.